The zero-order valence-corrected chi connectivity index (χ0v) is 13.1. The molecule has 0 atom stereocenters. The molecule has 0 saturated carbocycles. The molecule has 2 saturated heterocycles. The molecule has 1 aromatic heterocycles. The standard InChI is InChI=1S/C12H20N6O2.H4N2.H2O/c13-16-10-9-11(17-1-5-19-6-2-17)15-12(14-10)18-3-7-20-8-4-18;1-2;/h9H,1-8,13H2,(H,14,15,16);1-2H2;1H2. The smallest absolute Gasteiger partial charge is 0.229 e. The number of aromatic nitrogens is 2. The van der Waals surface area contributed by atoms with Gasteiger partial charge in [-0.2, -0.15) is 9.97 Å². The van der Waals surface area contributed by atoms with Crippen LogP contribution in [0.5, 0.6) is 0 Å². The van der Waals surface area contributed by atoms with Crippen LogP contribution < -0.4 is 32.8 Å². The molecule has 0 radical (unpaired) electrons. The number of nitrogen functional groups attached to an aromatic ring is 1. The molecule has 2 aliphatic rings. The molecule has 9 N–H and O–H groups in total. The van der Waals surface area contributed by atoms with Crippen molar-refractivity contribution < 1.29 is 14.9 Å². The Bertz CT molecular complexity index is 416. The van der Waals surface area contributed by atoms with Gasteiger partial charge in [0.1, 0.15) is 11.6 Å². The first-order chi connectivity index (χ1) is 10.9. The third-order valence-electron chi connectivity index (χ3n) is 3.48. The number of rotatable bonds is 3. The molecule has 0 aliphatic carbocycles. The Morgan fingerprint density at radius 1 is 0.913 bits per heavy atom. The van der Waals surface area contributed by atoms with Crippen molar-refractivity contribution in [2.45, 2.75) is 0 Å². The second-order valence-electron chi connectivity index (χ2n) is 4.75. The molecule has 2 fully saturated rings. The van der Waals surface area contributed by atoms with Gasteiger partial charge >= 0.3 is 0 Å². The highest BCUT2D eigenvalue weighted by molar-refractivity contribution is 5.54. The van der Waals surface area contributed by atoms with Crippen molar-refractivity contribution in [3.63, 3.8) is 0 Å². The van der Waals surface area contributed by atoms with Crippen molar-refractivity contribution in [3.05, 3.63) is 6.07 Å². The van der Waals surface area contributed by atoms with Gasteiger partial charge in [0.15, 0.2) is 0 Å². The molecule has 0 bridgehead atoms. The molecule has 1 aromatic rings. The van der Waals surface area contributed by atoms with Crippen LogP contribution in [0.4, 0.5) is 17.6 Å². The summed E-state index contributed by atoms with van der Waals surface area (Å²) in [6.45, 7) is 6.14. The Morgan fingerprint density at radius 3 is 1.96 bits per heavy atom. The van der Waals surface area contributed by atoms with E-state index in [9.17, 15) is 0 Å². The van der Waals surface area contributed by atoms with E-state index in [1.165, 1.54) is 0 Å². The molecule has 0 unspecified atom stereocenters. The van der Waals surface area contributed by atoms with Crippen molar-refractivity contribution in [2.24, 2.45) is 17.5 Å². The summed E-state index contributed by atoms with van der Waals surface area (Å²) in [6.07, 6.45) is 0. The van der Waals surface area contributed by atoms with Crippen molar-refractivity contribution in [3.8, 4) is 0 Å². The van der Waals surface area contributed by atoms with Crippen LogP contribution in [0.15, 0.2) is 6.07 Å². The maximum Gasteiger partial charge on any atom is 0.229 e. The monoisotopic (exact) mass is 330 g/mol. The van der Waals surface area contributed by atoms with Gasteiger partial charge in [-0.05, 0) is 0 Å². The number of anilines is 3. The summed E-state index contributed by atoms with van der Waals surface area (Å²) in [5, 5.41) is 0. The number of hydrazine groups is 2. The van der Waals surface area contributed by atoms with Crippen LogP contribution in [-0.2, 0) is 9.47 Å². The fraction of sp³-hybridized carbons (Fsp3) is 0.667. The highest BCUT2D eigenvalue weighted by atomic mass is 16.5. The molecule has 11 nitrogen and oxygen atoms in total. The largest absolute Gasteiger partial charge is 0.412 e. The molecule has 3 rings (SSSR count). The number of nitrogens with two attached hydrogens (primary N) is 3. The number of ether oxygens (including phenoxy) is 2. The SMILES string of the molecule is NN.NNc1cc(N2CCOCC2)nc(N2CCOCC2)n1.O. The molecule has 2 aliphatic heterocycles. The van der Waals surface area contributed by atoms with E-state index in [0.717, 1.165) is 45.2 Å². The molecule has 3 heterocycles. The summed E-state index contributed by atoms with van der Waals surface area (Å²) in [4.78, 5) is 13.4. The predicted molar refractivity (Wildman–Crippen MR) is 87.9 cm³/mol. The fourth-order valence-corrected chi connectivity index (χ4v) is 2.36. The Kier molecular flexibility index (Phi) is 8.47. The quantitative estimate of drug-likeness (QED) is 0.341. The maximum absolute atomic E-state index is 5.52. The Hall–Kier alpha value is -1.76. The number of nitrogens with one attached hydrogen (secondary N) is 1. The van der Waals surface area contributed by atoms with Gasteiger partial charge in [0.05, 0.1) is 26.4 Å². The first-order valence-electron chi connectivity index (χ1n) is 7.21. The summed E-state index contributed by atoms with van der Waals surface area (Å²) < 4.78 is 10.7. The normalized spacial score (nSPS) is 17.7. The van der Waals surface area contributed by atoms with Gasteiger partial charge < -0.3 is 30.2 Å². The minimum absolute atomic E-state index is 0. The summed E-state index contributed by atoms with van der Waals surface area (Å²) in [5.41, 5.74) is 2.62. The first kappa shape index (κ1) is 19.3. The van der Waals surface area contributed by atoms with Crippen molar-refractivity contribution in [1.29, 1.82) is 0 Å². The molecular formula is C12H26N8O3. The Balaban J connectivity index is 0.000000849. The lowest BCUT2D eigenvalue weighted by Gasteiger charge is -2.31. The number of hydrogen-bond acceptors (Lipinski definition) is 10. The van der Waals surface area contributed by atoms with Crippen LogP contribution >= 0.6 is 0 Å². The average Bonchev–Trinajstić information content (AvgIpc) is 2.64. The van der Waals surface area contributed by atoms with Gasteiger partial charge in [-0.3, -0.25) is 11.7 Å². The molecule has 11 heteroatoms. The van der Waals surface area contributed by atoms with Crippen LogP contribution in [0, 0.1) is 0 Å². The van der Waals surface area contributed by atoms with Crippen LogP contribution in [0.1, 0.15) is 0 Å². The summed E-state index contributed by atoms with van der Waals surface area (Å²) in [5.74, 6) is 15.7. The predicted octanol–water partition coefficient (Wildman–Crippen LogP) is -2.57. The second kappa shape index (κ2) is 10.1. The van der Waals surface area contributed by atoms with Crippen LogP contribution in [-0.4, -0.2) is 68.1 Å². The highest BCUT2D eigenvalue weighted by Crippen LogP contribution is 2.21. The summed E-state index contributed by atoms with van der Waals surface area (Å²) >= 11 is 0. The van der Waals surface area contributed by atoms with Gasteiger partial charge in [0, 0.05) is 32.2 Å². The van der Waals surface area contributed by atoms with Crippen molar-refractivity contribution in [2.75, 3.05) is 67.8 Å². The third kappa shape index (κ3) is 5.13. The van der Waals surface area contributed by atoms with Crippen molar-refractivity contribution >= 4 is 17.6 Å². The topological polar surface area (TPSA) is 172 Å². The van der Waals surface area contributed by atoms with E-state index in [1.807, 2.05) is 6.07 Å². The lowest BCUT2D eigenvalue weighted by atomic mass is 10.4. The van der Waals surface area contributed by atoms with E-state index < -0.39 is 0 Å². The average molecular weight is 330 g/mol. The number of nitrogens with zero attached hydrogens (tertiary/aromatic N) is 4. The summed E-state index contributed by atoms with van der Waals surface area (Å²) in [6, 6.07) is 1.87. The lowest BCUT2D eigenvalue weighted by molar-refractivity contribution is 0.121. The number of morpholine rings is 2. The molecule has 0 amide bonds. The van der Waals surface area contributed by atoms with Gasteiger partial charge in [-0.15, -0.1) is 0 Å². The van der Waals surface area contributed by atoms with Crippen LogP contribution in [0.2, 0.25) is 0 Å². The minimum Gasteiger partial charge on any atom is -0.412 e. The zero-order valence-electron chi connectivity index (χ0n) is 13.1. The molecule has 23 heavy (non-hydrogen) atoms. The van der Waals surface area contributed by atoms with Gasteiger partial charge in [0.25, 0.3) is 0 Å². The third-order valence-corrected chi connectivity index (χ3v) is 3.48. The molecular weight excluding hydrogens is 304 g/mol. The summed E-state index contributed by atoms with van der Waals surface area (Å²) in [7, 11) is 0. The van der Waals surface area contributed by atoms with E-state index in [4.69, 9.17) is 15.3 Å². The van der Waals surface area contributed by atoms with Crippen LogP contribution in [0.25, 0.3) is 0 Å². The van der Waals surface area contributed by atoms with E-state index in [1.54, 1.807) is 0 Å². The molecule has 132 valence electrons. The molecule has 0 spiro atoms. The second-order valence-corrected chi connectivity index (χ2v) is 4.75. The number of hydrogen-bond donors (Lipinski definition) is 4. The van der Waals surface area contributed by atoms with Crippen molar-refractivity contribution in [1.82, 2.24) is 9.97 Å². The van der Waals surface area contributed by atoms with Gasteiger partial charge in [-0.25, -0.2) is 5.84 Å². The lowest BCUT2D eigenvalue weighted by Crippen LogP contribution is -2.39. The van der Waals surface area contributed by atoms with Gasteiger partial charge in [-0.1, -0.05) is 0 Å². The Morgan fingerprint density at radius 2 is 1.43 bits per heavy atom. The zero-order chi connectivity index (χ0) is 15.8. The van der Waals surface area contributed by atoms with E-state index in [0.29, 0.717) is 25.0 Å². The van der Waals surface area contributed by atoms with E-state index >= 15 is 0 Å². The Labute approximate surface area is 135 Å². The van der Waals surface area contributed by atoms with Crippen LogP contribution in [0.3, 0.4) is 0 Å². The van der Waals surface area contributed by atoms with Gasteiger partial charge in [0.2, 0.25) is 5.95 Å². The van der Waals surface area contributed by atoms with E-state index in [-0.39, 0.29) is 5.48 Å². The molecule has 0 aromatic carbocycles. The minimum atomic E-state index is 0. The fourth-order valence-electron chi connectivity index (χ4n) is 2.36. The first-order valence-corrected chi connectivity index (χ1v) is 7.21. The van der Waals surface area contributed by atoms with E-state index in [2.05, 4.69) is 36.9 Å². The maximum atomic E-state index is 5.52. The highest BCUT2D eigenvalue weighted by Gasteiger charge is 2.19.